The molecule has 1 heterocycles. The van der Waals surface area contributed by atoms with Crippen LogP contribution in [0.15, 0.2) is 23.1 Å². The summed E-state index contributed by atoms with van der Waals surface area (Å²) in [4.78, 5) is 15.1. The van der Waals surface area contributed by atoms with Gasteiger partial charge in [0.05, 0.1) is 16.7 Å². The highest BCUT2D eigenvalue weighted by Crippen LogP contribution is 2.30. The molecule has 4 nitrogen and oxygen atoms in total. The van der Waals surface area contributed by atoms with Crippen LogP contribution >= 0.6 is 23.4 Å². The zero-order valence-electron chi connectivity index (χ0n) is 12.5. The highest BCUT2D eigenvalue weighted by Gasteiger charge is 2.38. The van der Waals surface area contributed by atoms with Gasteiger partial charge < -0.3 is 15.3 Å². The molecule has 1 unspecified atom stereocenters. The van der Waals surface area contributed by atoms with Gasteiger partial charge in [-0.05, 0) is 51.1 Å². The van der Waals surface area contributed by atoms with E-state index in [4.69, 9.17) is 11.6 Å². The van der Waals surface area contributed by atoms with Gasteiger partial charge in [0.2, 0.25) is 0 Å². The van der Waals surface area contributed by atoms with E-state index in [0.717, 1.165) is 17.7 Å². The van der Waals surface area contributed by atoms with E-state index in [1.54, 1.807) is 36.6 Å². The van der Waals surface area contributed by atoms with Crippen molar-refractivity contribution in [2.24, 2.45) is 0 Å². The molecule has 116 valence electrons. The van der Waals surface area contributed by atoms with E-state index in [0.29, 0.717) is 17.3 Å². The van der Waals surface area contributed by atoms with E-state index in [1.165, 1.54) is 0 Å². The van der Waals surface area contributed by atoms with Gasteiger partial charge in [0.1, 0.15) is 0 Å². The maximum Gasteiger partial charge on any atom is 0.322 e. The van der Waals surface area contributed by atoms with Crippen molar-refractivity contribution in [1.82, 2.24) is 4.90 Å². The first kappa shape index (κ1) is 16.5. The van der Waals surface area contributed by atoms with Crippen LogP contribution in [0, 0.1) is 0 Å². The maximum absolute atomic E-state index is 12.4. The fraction of sp³-hybridized carbons (Fsp3) is 0.533. The number of likely N-dealkylation sites (tertiary alicyclic amines) is 1. The summed E-state index contributed by atoms with van der Waals surface area (Å²) in [5.41, 5.74) is -0.224. The van der Waals surface area contributed by atoms with Crippen LogP contribution in [0.2, 0.25) is 5.02 Å². The van der Waals surface area contributed by atoms with Crippen molar-refractivity contribution in [1.29, 1.82) is 0 Å². The number of urea groups is 1. The van der Waals surface area contributed by atoms with E-state index < -0.39 is 5.60 Å². The average molecular weight is 329 g/mol. The summed E-state index contributed by atoms with van der Waals surface area (Å²) in [5, 5.41) is 13.7. The molecule has 2 amide bonds. The van der Waals surface area contributed by atoms with E-state index in [1.807, 2.05) is 18.4 Å². The van der Waals surface area contributed by atoms with Crippen molar-refractivity contribution in [2.45, 2.75) is 43.2 Å². The molecule has 6 heteroatoms. The monoisotopic (exact) mass is 328 g/mol. The lowest BCUT2D eigenvalue weighted by Gasteiger charge is -2.33. The fourth-order valence-corrected chi connectivity index (χ4v) is 3.55. The minimum absolute atomic E-state index is 0.154. The summed E-state index contributed by atoms with van der Waals surface area (Å²) >= 11 is 7.71. The molecular weight excluding hydrogens is 308 g/mol. The Morgan fingerprint density at radius 3 is 2.81 bits per heavy atom. The second-order valence-electron chi connectivity index (χ2n) is 5.78. The van der Waals surface area contributed by atoms with Crippen LogP contribution in [0.4, 0.5) is 10.5 Å². The van der Waals surface area contributed by atoms with Gasteiger partial charge in [-0.25, -0.2) is 4.79 Å². The Hall–Kier alpha value is -0.910. The Kier molecular flexibility index (Phi) is 5.07. The van der Waals surface area contributed by atoms with Gasteiger partial charge in [-0.3, -0.25) is 0 Å². The molecule has 1 atom stereocenters. The molecule has 1 aromatic carbocycles. The number of benzene rings is 1. The van der Waals surface area contributed by atoms with Crippen molar-refractivity contribution < 1.29 is 9.90 Å². The van der Waals surface area contributed by atoms with Gasteiger partial charge in [-0.15, -0.1) is 11.8 Å². The highest BCUT2D eigenvalue weighted by atomic mass is 35.5. The van der Waals surface area contributed by atoms with Crippen LogP contribution in [0.1, 0.15) is 26.7 Å². The Labute approximate surface area is 134 Å². The standard InChI is InChI=1S/C15H21ClN2O2S/c1-15(2,20)13-5-4-8-18(13)14(19)17-10-6-7-12(21-3)11(16)9-10/h6-7,9,13,20H,4-5,8H2,1-3H3,(H,17,19). The third-order valence-corrected chi connectivity index (χ3v) is 4.95. The zero-order valence-corrected chi connectivity index (χ0v) is 14.1. The number of anilines is 1. The molecule has 0 aliphatic carbocycles. The number of rotatable bonds is 3. The van der Waals surface area contributed by atoms with Crippen molar-refractivity contribution in [3.63, 3.8) is 0 Å². The third-order valence-electron chi connectivity index (χ3n) is 3.73. The minimum atomic E-state index is -0.895. The molecule has 2 N–H and O–H groups in total. The largest absolute Gasteiger partial charge is 0.388 e. The van der Waals surface area contributed by atoms with E-state index >= 15 is 0 Å². The van der Waals surface area contributed by atoms with Crippen LogP contribution in [-0.2, 0) is 0 Å². The summed E-state index contributed by atoms with van der Waals surface area (Å²) in [7, 11) is 0. The highest BCUT2D eigenvalue weighted by molar-refractivity contribution is 7.98. The molecule has 0 radical (unpaired) electrons. The second kappa shape index (κ2) is 6.46. The van der Waals surface area contributed by atoms with Gasteiger partial charge >= 0.3 is 6.03 Å². The molecule has 1 saturated heterocycles. The van der Waals surface area contributed by atoms with Gasteiger partial charge in [-0.1, -0.05) is 11.6 Å². The number of nitrogens with zero attached hydrogens (tertiary/aromatic N) is 1. The molecule has 21 heavy (non-hydrogen) atoms. The van der Waals surface area contributed by atoms with Crippen molar-refractivity contribution in [3.8, 4) is 0 Å². The maximum atomic E-state index is 12.4. The third kappa shape index (κ3) is 3.84. The van der Waals surface area contributed by atoms with Gasteiger partial charge in [-0.2, -0.15) is 0 Å². The smallest absolute Gasteiger partial charge is 0.322 e. The summed E-state index contributed by atoms with van der Waals surface area (Å²) < 4.78 is 0. The molecule has 1 aliphatic rings. The lowest BCUT2D eigenvalue weighted by molar-refractivity contribution is 0.0117. The molecule has 0 saturated carbocycles. The van der Waals surface area contributed by atoms with Crippen LogP contribution in [0.25, 0.3) is 0 Å². The first-order valence-electron chi connectivity index (χ1n) is 6.96. The number of carbonyl (C=O) groups is 1. The van der Waals surface area contributed by atoms with E-state index in [2.05, 4.69) is 5.32 Å². The van der Waals surface area contributed by atoms with Gasteiger partial charge in [0, 0.05) is 17.1 Å². The normalized spacial score (nSPS) is 18.9. The van der Waals surface area contributed by atoms with E-state index in [-0.39, 0.29) is 12.1 Å². The molecular formula is C15H21ClN2O2S. The molecule has 1 aliphatic heterocycles. The molecule has 0 spiro atoms. The molecule has 2 rings (SSSR count). The number of thioether (sulfide) groups is 1. The fourth-order valence-electron chi connectivity index (χ4n) is 2.68. The number of amides is 2. The predicted molar refractivity (Wildman–Crippen MR) is 88.3 cm³/mol. The molecule has 0 bridgehead atoms. The zero-order chi connectivity index (χ0) is 15.6. The quantitative estimate of drug-likeness (QED) is 0.829. The van der Waals surface area contributed by atoms with Crippen molar-refractivity contribution in [2.75, 3.05) is 18.1 Å². The first-order chi connectivity index (χ1) is 9.82. The van der Waals surface area contributed by atoms with Crippen LogP contribution in [-0.4, -0.2) is 40.5 Å². The SMILES string of the molecule is CSc1ccc(NC(=O)N2CCCC2C(C)(C)O)cc1Cl. The summed E-state index contributed by atoms with van der Waals surface area (Å²) in [6, 6.07) is 5.14. The Balaban J connectivity index is 2.09. The molecule has 1 fully saturated rings. The van der Waals surface area contributed by atoms with Crippen LogP contribution in [0.3, 0.4) is 0 Å². The summed E-state index contributed by atoms with van der Waals surface area (Å²) in [6.07, 6.45) is 3.69. The predicted octanol–water partition coefficient (Wildman–Crippen LogP) is 3.83. The topological polar surface area (TPSA) is 52.6 Å². The second-order valence-corrected chi connectivity index (χ2v) is 7.04. The van der Waals surface area contributed by atoms with Crippen molar-refractivity contribution in [3.05, 3.63) is 23.2 Å². The van der Waals surface area contributed by atoms with Gasteiger partial charge in [0.25, 0.3) is 0 Å². The lowest BCUT2D eigenvalue weighted by atomic mass is 9.97. The van der Waals surface area contributed by atoms with Crippen LogP contribution < -0.4 is 5.32 Å². The number of hydrogen-bond acceptors (Lipinski definition) is 3. The summed E-state index contributed by atoms with van der Waals surface area (Å²) in [5.74, 6) is 0. The number of aliphatic hydroxyl groups is 1. The minimum Gasteiger partial charge on any atom is -0.388 e. The number of nitrogens with one attached hydrogen (secondary N) is 1. The van der Waals surface area contributed by atoms with Crippen LogP contribution in [0.5, 0.6) is 0 Å². The number of carbonyl (C=O) groups excluding carboxylic acids is 1. The average Bonchev–Trinajstić information content (AvgIpc) is 2.88. The van der Waals surface area contributed by atoms with Gasteiger partial charge in [0.15, 0.2) is 0 Å². The lowest BCUT2D eigenvalue weighted by Crippen LogP contribution is -2.49. The number of halogens is 1. The first-order valence-corrected chi connectivity index (χ1v) is 8.56. The summed E-state index contributed by atoms with van der Waals surface area (Å²) in [6.45, 7) is 4.15. The number of hydrogen-bond donors (Lipinski definition) is 2. The molecule has 0 aromatic heterocycles. The Morgan fingerprint density at radius 2 is 2.24 bits per heavy atom. The molecule has 1 aromatic rings. The van der Waals surface area contributed by atoms with Crippen molar-refractivity contribution >= 4 is 35.1 Å². The Morgan fingerprint density at radius 1 is 1.52 bits per heavy atom. The Bertz CT molecular complexity index is 531. The van der Waals surface area contributed by atoms with E-state index in [9.17, 15) is 9.90 Å².